The number of nitrogens with zero attached hydrogens (tertiary/aromatic N) is 1. The molecule has 3 nitrogen and oxygen atoms in total. The molecule has 1 heterocycles. The van der Waals surface area contributed by atoms with Crippen LogP contribution in [0.25, 0.3) is 11.3 Å². The van der Waals surface area contributed by atoms with E-state index < -0.39 is 12.1 Å². The third-order valence-corrected chi connectivity index (χ3v) is 2.63. The van der Waals surface area contributed by atoms with Crippen LogP contribution in [-0.4, -0.2) is 17.6 Å². The van der Waals surface area contributed by atoms with Gasteiger partial charge < -0.3 is 4.74 Å². The standard InChI is InChI=1S/C15H14FNO2/c1-2-19-15(18)14(16)12-7-5-6-11(10-12)13-8-3-4-9-17-13/h3-10,14H,2H2,1H3. The van der Waals surface area contributed by atoms with Crippen LogP contribution in [0.1, 0.15) is 18.7 Å². The molecule has 0 N–H and O–H groups in total. The van der Waals surface area contributed by atoms with Crippen LogP contribution < -0.4 is 0 Å². The SMILES string of the molecule is CCOC(=O)C(F)c1cccc(-c2ccccn2)c1. The van der Waals surface area contributed by atoms with Crippen molar-refractivity contribution in [3.05, 3.63) is 54.2 Å². The molecule has 0 aliphatic carbocycles. The van der Waals surface area contributed by atoms with Crippen molar-refractivity contribution < 1.29 is 13.9 Å². The molecule has 2 aromatic rings. The summed E-state index contributed by atoms with van der Waals surface area (Å²) in [5, 5.41) is 0. The Hall–Kier alpha value is -2.23. The van der Waals surface area contributed by atoms with Gasteiger partial charge in [-0.25, -0.2) is 9.18 Å². The Morgan fingerprint density at radius 2 is 2.16 bits per heavy atom. The third-order valence-electron chi connectivity index (χ3n) is 2.63. The number of aromatic nitrogens is 1. The van der Waals surface area contributed by atoms with E-state index in [1.54, 1.807) is 31.3 Å². The van der Waals surface area contributed by atoms with Gasteiger partial charge in [0.25, 0.3) is 0 Å². The maximum atomic E-state index is 13.9. The third kappa shape index (κ3) is 3.16. The van der Waals surface area contributed by atoms with Crippen LogP contribution in [0.15, 0.2) is 48.7 Å². The average molecular weight is 259 g/mol. The molecule has 0 radical (unpaired) electrons. The maximum absolute atomic E-state index is 13.9. The van der Waals surface area contributed by atoms with E-state index in [0.29, 0.717) is 0 Å². The highest BCUT2D eigenvalue weighted by molar-refractivity contribution is 5.77. The van der Waals surface area contributed by atoms with Crippen molar-refractivity contribution in [1.29, 1.82) is 0 Å². The lowest BCUT2D eigenvalue weighted by molar-refractivity contribution is -0.149. The first-order valence-electron chi connectivity index (χ1n) is 6.04. The van der Waals surface area contributed by atoms with Gasteiger partial charge in [-0.2, -0.15) is 0 Å². The van der Waals surface area contributed by atoms with Gasteiger partial charge >= 0.3 is 5.97 Å². The number of alkyl halides is 1. The molecule has 98 valence electrons. The van der Waals surface area contributed by atoms with E-state index in [4.69, 9.17) is 0 Å². The highest BCUT2D eigenvalue weighted by atomic mass is 19.1. The van der Waals surface area contributed by atoms with Gasteiger partial charge in [0.1, 0.15) is 0 Å². The van der Waals surface area contributed by atoms with Gasteiger partial charge in [0.15, 0.2) is 0 Å². The predicted molar refractivity (Wildman–Crippen MR) is 70.2 cm³/mol. The monoisotopic (exact) mass is 259 g/mol. The summed E-state index contributed by atoms with van der Waals surface area (Å²) >= 11 is 0. The molecular formula is C15H14FNO2. The lowest BCUT2D eigenvalue weighted by atomic mass is 10.0. The Balaban J connectivity index is 2.27. The first-order valence-corrected chi connectivity index (χ1v) is 6.04. The molecule has 1 unspecified atom stereocenters. The number of halogens is 1. The summed E-state index contributed by atoms with van der Waals surface area (Å²) in [4.78, 5) is 15.6. The molecule has 2 rings (SSSR count). The Bertz CT molecular complexity index is 557. The fraction of sp³-hybridized carbons (Fsp3) is 0.200. The van der Waals surface area contributed by atoms with Gasteiger partial charge in [0.2, 0.25) is 6.17 Å². The first-order chi connectivity index (χ1) is 9.22. The van der Waals surface area contributed by atoms with E-state index in [0.717, 1.165) is 11.3 Å². The summed E-state index contributed by atoms with van der Waals surface area (Å²) < 4.78 is 18.6. The number of esters is 1. The van der Waals surface area contributed by atoms with Crippen molar-refractivity contribution >= 4 is 5.97 Å². The second-order valence-corrected chi connectivity index (χ2v) is 3.96. The minimum absolute atomic E-state index is 0.166. The van der Waals surface area contributed by atoms with Gasteiger partial charge in [0, 0.05) is 11.8 Å². The molecule has 1 atom stereocenters. The van der Waals surface area contributed by atoms with Gasteiger partial charge in [-0.3, -0.25) is 4.98 Å². The van der Waals surface area contributed by atoms with Gasteiger partial charge in [-0.05, 0) is 30.7 Å². The summed E-state index contributed by atoms with van der Waals surface area (Å²) in [7, 11) is 0. The Morgan fingerprint density at radius 3 is 2.84 bits per heavy atom. The second-order valence-electron chi connectivity index (χ2n) is 3.96. The molecule has 19 heavy (non-hydrogen) atoms. The van der Waals surface area contributed by atoms with E-state index in [1.165, 1.54) is 0 Å². The number of carbonyl (C=O) groups is 1. The fourth-order valence-electron chi connectivity index (χ4n) is 1.74. The average Bonchev–Trinajstić information content (AvgIpc) is 2.48. The highest BCUT2D eigenvalue weighted by Gasteiger charge is 2.21. The normalized spacial score (nSPS) is 11.9. The van der Waals surface area contributed by atoms with Crippen molar-refractivity contribution in [1.82, 2.24) is 4.98 Å². The van der Waals surface area contributed by atoms with Crippen LogP contribution >= 0.6 is 0 Å². The van der Waals surface area contributed by atoms with Crippen LogP contribution in [0.2, 0.25) is 0 Å². The second kappa shape index (κ2) is 6.09. The molecule has 0 saturated heterocycles. The maximum Gasteiger partial charge on any atom is 0.345 e. The summed E-state index contributed by atoms with van der Waals surface area (Å²) in [5.74, 6) is -0.860. The highest BCUT2D eigenvalue weighted by Crippen LogP contribution is 2.24. The molecule has 0 bridgehead atoms. The number of hydrogen-bond acceptors (Lipinski definition) is 3. The Morgan fingerprint density at radius 1 is 1.32 bits per heavy atom. The Labute approximate surface area is 111 Å². The number of carbonyl (C=O) groups excluding carboxylic acids is 1. The van der Waals surface area contributed by atoms with E-state index >= 15 is 0 Å². The molecule has 0 aliphatic rings. The fourth-order valence-corrected chi connectivity index (χ4v) is 1.74. The largest absolute Gasteiger partial charge is 0.464 e. The van der Waals surface area contributed by atoms with E-state index in [-0.39, 0.29) is 12.2 Å². The molecular weight excluding hydrogens is 245 g/mol. The van der Waals surface area contributed by atoms with E-state index in [1.807, 2.05) is 24.3 Å². The quantitative estimate of drug-likeness (QED) is 0.791. The molecule has 0 amide bonds. The van der Waals surface area contributed by atoms with Gasteiger partial charge in [0.05, 0.1) is 12.3 Å². The van der Waals surface area contributed by atoms with Gasteiger partial charge in [-0.15, -0.1) is 0 Å². The topological polar surface area (TPSA) is 39.2 Å². The zero-order valence-electron chi connectivity index (χ0n) is 10.5. The number of rotatable bonds is 4. The molecule has 4 heteroatoms. The van der Waals surface area contributed by atoms with Crippen LogP contribution in [0.4, 0.5) is 4.39 Å². The van der Waals surface area contributed by atoms with Crippen LogP contribution in [0.3, 0.4) is 0 Å². The number of ether oxygens (including phenoxy) is 1. The summed E-state index contributed by atoms with van der Waals surface area (Å²) in [6.07, 6.45) is -0.0936. The minimum Gasteiger partial charge on any atom is -0.464 e. The predicted octanol–water partition coefficient (Wildman–Crippen LogP) is 3.32. The van der Waals surface area contributed by atoms with Crippen molar-refractivity contribution in [3.8, 4) is 11.3 Å². The summed E-state index contributed by atoms with van der Waals surface area (Å²) in [5.41, 5.74) is 1.78. The van der Waals surface area contributed by atoms with Crippen molar-refractivity contribution in [2.45, 2.75) is 13.1 Å². The molecule has 0 aliphatic heterocycles. The van der Waals surface area contributed by atoms with Gasteiger partial charge in [-0.1, -0.05) is 24.3 Å². The smallest absolute Gasteiger partial charge is 0.345 e. The zero-order chi connectivity index (χ0) is 13.7. The van der Waals surface area contributed by atoms with Crippen molar-refractivity contribution in [2.75, 3.05) is 6.61 Å². The first kappa shape index (κ1) is 13.2. The number of pyridine rings is 1. The van der Waals surface area contributed by atoms with E-state index in [2.05, 4.69) is 9.72 Å². The zero-order valence-corrected chi connectivity index (χ0v) is 10.5. The number of hydrogen-bond donors (Lipinski definition) is 0. The molecule has 0 spiro atoms. The Kier molecular flexibility index (Phi) is 4.23. The summed E-state index contributed by atoms with van der Waals surface area (Å²) in [6.45, 7) is 1.81. The minimum atomic E-state index is -1.76. The molecule has 0 saturated carbocycles. The summed E-state index contributed by atoms with van der Waals surface area (Å²) in [6, 6.07) is 12.2. The van der Waals surface area contributed by atoms with Crippen molar-refractivity contribution in [2.24, 2.45) is 0 Å². The van der Waals surface area contributed by atoms with E-state index in [9.17, 15) is 9.18 Å². The lowest BCUT2D eigenvalue weighted by Crippen LogP contribution is -2.11. The van der Waals surface area contributed by atoms with Crippen LogP contribution in [0.5, 0.6) is 0 Å². The molecule has 1 aromatic carbocycles. The van der Waals surface area contributed by atoms with Crippen LogP contribution in [0, 0.1) is 0 Å². The lowest BCUT2D eigenvalue weighted by Gasteiger charge is -2.09. The number of benzene rings is 1. The van der Waals surface area contributed by atoms with Crippen molar-refractivity contribution in [3.63, 3.8) is 0 Å². The molecule has 1 aromatic heterocycles. The molecule has 0 fully saturated rings. The van der Waals surface area contributed by atoms with Crippen LogP contribution in [-0.2, 0) is 9.53 Å².